The molecule has 0 radical (unpaired) electrons. The van der Waals surface area contributed by atoms with Gasteiger partial charge in [-0.05, 0) is 39.0 Å². The van der Waals surface area contributed by atoms with Crippen molar-refractivity contribution in [2.75, 3.05) is 26.1 Å². The first-order valence-electron chi connectivity index (χ1n) is 12.0. The van der Waals surface area contributed by atoms with Gasteiger partial charge in [-0.2, -0.15) is 15.3 Å². The van der Waals surface area contributed by atoms with Gasteiger partial charge in [-0.25, -0.2) is 14.2 Å². The number of aliphatic hydroxyl groups excluding tert-OH is 1. The number of esters is 2. The Morgan fingerprint density at radius 1 is 1.38 bits per heavy atom. The number of hydrogen-bond donors (Lipinski definition) is 3. The maximum atomic E-state index is 13.9. The van der Waals surface area contributed by atoms with Gasteiger partial charge in [-0.1, -0.05) is 12.1 Å². The maximum absolute atomic E-state index is 13.9. The molecule has 1 aromatic heterocycles. The zero-order valence-corrected chi connectivity index (χ0v) is 23.1. The normalized spacial score (nSPS) is 24.4. The molecule has 15 nitrogen and oxygen atoms in total. The van der Waals surface area contributed by atoms with Crippen LogP contribution in [0.5, 0.6) is 5.75 Å². The highest BCUT2D eigenvalue weighted by molar-refractivity contribution is 7.52. The molecule has 0 saturated carbocycles. The molecule has 0 amide bonds. The number of aromatic nitrogens is 2. The van der Waals surface area contributed by atoms with Crippen LogP contribution < -0.4 is 21.0 Å². The third-order valence-electron chi connectivity index (χ3n) is 6.04. The number of nitrogens with zero attached hydrogens (tertiary/aromatic N) is 3. The number of nitriles is 1. The summed E-state index contributed by atoms with van der Waals surface area (Å²) >= 11 is 0. The third-order valence-corrected chi connectivity index (χ3v) is 7.67. The minimum absolute atomic E-state index is 0.0505. The SMILES string of the molecule is CCOC(=O)C(C)NP(=O)(OCC1OC(n2ccc(N)nc2=O)C(C)(C#N)C1O)Oc1ccccc1C(=O)OC. The van der Waals surface area contributed by atoms with Gasteiger partial charge < -0.3 is 29.6 Å². The van der Waals surface area contributed by atoms with E-state index in [-0.39, 0.29) is 23.7 Å². The van der Waals surface area contributed by atoms with E-state index in [1.165, 1.54) is 50.4 Å². The number of nitrogens with one attached hydrogen (secondary N) is 1. The Labute approximate surface area is 229 Å². The Morgan fingerprint density at radius 3 is 2.70 bits per heavy atom. The molecule has 4 N–H and O–H groups in total. The van der Waals surface area contributed by atoms with Crippen LogP contribution in [0, 0.1) is 16.7 Å². The van der Waals surface area contributed by atoms with Crippen LogP contribution in [0.25, 0.3) is 0 Å². The van der Waals surface area contributed by atoms with Crippen molar-refractivity contribution >= 4 is 25.5 Å². The first-order chi connectivity index (χ1) is 18.9. The minimum atomic E-state index is -4.52. The number of nitrogens with two attached hydrogens (primary N) is 1. The van der Waals surface area contributed by atoms with Crippen LogP contribution in [0.3, 0.4) is 0 Å². The maximum Gasteiger partial charge on any atom is 0.459 e. The Hall–Kier alpha value is -3.80. The molecule has 16 heteroatoms. The Balaban J connectivity index is 1.91. The first-order valence-corrected chi connectivity index (χ1v) is 13.6. The molecule has 1 saturated heterocycles. The summed E-state index contributed by atoms with van der Waals surface area (Å²) in [5.41, 5.74) is 2.98. The monoisotopic (exact) mass is 579 g/mol. The van der Waals surface area contributed by atoms with Crippen molar-refractivity contribution in [2.45, 2.75) is 45.2 Å². The highest BCUT2D eigenvalue weighted by atomic mass is 31.2. The molecule has 1 aliphatic heterocycles. The number of nitrogen functional groups attached to an aromatic ring is 1. The van der Waals surface area contributed by atoms with Crippen molar-refractivity contribution in [1.82, 2.24) is 14.6 Å². The molecule has 6 unspecified atom stereocenters. The van der Waals surface area contributed by atoms with Gasteiger partial charge >= 0.3 is 25.4 Å². The summed E-state index contributed by atoms with van der Waals surface area (Å²) in [6, 6.07) is 7.82. The number of carbonyl (C=O) groups is 2. The van der Waals surface area contributed by atoms with Crippen molar-refractivity contribution in [3.05, 3.63) is 52.6 Å². The smallest absolute Gasteiger partial charge is 0.459 e. The van der Waals surface area contributed by atoms with E-state index in [4.69, 9.17) is 29.0 Å². The van der Waals surface area contributed by atoms with E-state index in [1.807, 2.05) is 6.07 Å². The second-order valence-corrected chi connectivity index (χ2v) is 10.6. The van der Waals surface area contributed by atoms with Crippen LogP contribution in [0.15, 0.2) is 41.3 Å². The second kappa shape index (κ2) is 12.6. The van der Waals surface area contributed by atoms with Crippen molar-refractivity contribution in [3.8, 4) is 11.8 Å². The fourth-order valence-corrected chi connectivity index (χ4v) is 5.42. The standard InChI is InChI=1S/C24H30N5O10P/c1-5-36-20(31)14(2)28-40(34,39-16-9-7-6-8-15(16)21(32)35-4)37-12-17-19(30)24(3,13-25)22(38-17)29-11-10-18(26)27-23(29)33/h6-11,14,17,19,22,30H,5,12H2,1-4H3,(H,28,34)(H2,26,27,33). The number of methoxy groups -OCH3 is 1. The third kappa shape index (κ3) is 6.49. The number of rotatable bonds is 11. The van der Waals surface area contributed by atoms with E-state index in [0.717, 1.165) is 11.7 Å². The van der Waals surface area contributed by atoms with Gasteiger partial charge in [0.15, 0.2) is 6.23 Å². The first kappa shape index (κ1) is 30.7. The molecule has 0 bridgehead atoms. The highest BCUT2D eigenvalue weighted by Gasteiger charge is 2.55. The minimum Gasteiger partial charge on any atom is -0.465 e. The molecule has 2 aromatic rings. The lowest BCUT2D eigenvalue weighted by Crippen LogP contribution is -2.40. The van der Waals surface area contributed by atoms with Crippen molar-refractivity contribution in [3.63, 3.8) is 0 Å². The summed E-state index contributed by atoms with van der Waals surface area (Å²) < 4.78 is 41.6. The zero-order valence-electron chi connectivity index (χ0n) is 22.2. The van der Waals surface area contributed by atoms with E-state index in [1.54, 1.807) is 6.92 Å². The Kier molecular flexibility index (Phi) is 9.67. The molecular weight excluding hydrogens is 549 g/mol. The molecule has 6 atom stereocenters. The van der Waals surface area contributed by atoms with E-state index in [9.17, 15) is 29.3 Å². The summed E-state index contributed by atoms with van der Waals surface area (Å²) in [7, 11) is -3.37. The Bertz CT molecular complexity index is 1390. The molecule has 40 heavy (non-hydrogen) atoms. The number of anilines is 1. The number of ether oxygens (including phenoxy) is 3. The fraction of sp³-hybridized carbons (Fsp3) is 0.458. The van der Waals surface area contributed by atoms with E-state index >= 15 is 0 Å². The number of para-hydroxylation sites is 1. The average Bonchev–Trinajstić information content (AvgIpc) is 3.17. The summed E-state index contributed by atoms with van der Waals surface area (Å²) in [5, 5.41) is 23.3. The van der Waals surface area contributed by atoms with Crippen molar-refractivity contribution < 1.29 is 42.5 Å². The molecule has 0 aliphatic carbocycles. The second-order valence-electron chi connectivity index (χ2n) is 8.88. The van der Waals surface area contributed by atoms with Crippen LogP contribution in [-0.2, 0) is 28.1 Å². The van der Waals surface area contributed by atoms with Gasteiger partial charge in [0, 0.05) is 6.20 Å². The predicted molar refractivity (Wildman–Crippen MR) is 138 cm³/mol. The lowest BCUT2D eigenvalue weighted by Gasteiger charge is -2.26. The van der Waals surface area contributed by atoms with Crippen LogP contribution in [0.4, 0.5) is 5.82 Å². The van der Waals surface area contributed by atoms with E-state index < -0.39 is 61.9 Å². The quantitative estimate of drug-likeness (QED) is 0.252. The molecule has 3 rings (SSSR count). The van der Waals surface area contributed by atoms with Crippen molar-refractivity contribution in [1.29, 1.82) is 5.26 Å². The molecule has 1 aromatic carbocycles. The molecule has 1 aliphatic rings. The topological polar surface area (TPSA) is 214 Å². The van der Waals surface area contributed by atoms with E-state index in [0.29, 0.717) is 0 Å². The molecular formula is C24H30N5O10P. The summed E-state index contributed by atoms with van der Waals surface area (Å²) in [4.78, 5) is 40.5. The number of benzene rings is 1. The predicted octanol–water partition coefficient (Wildman–Crippen LogP) is 1.15. The van der Waals surface area contributed by atoms with Gasteiger partial charge in [-0.15, -0.1) is 0 Å². The zero-order chi connectivity index (χ0) is 29.7. The lowest BCUT2D eigenvalue weighted by atomic mass is 9.84. The van der Waals surface area contributed by atoms with Gasteiger partial charge in [-0.3, -0.25) is 13.9 Å². The molecule has 216 valence electrons. The van der Waals surface area contributed by atoms with E-state index in [2.05, 4.69) is 10.1 Å². The fourth-order valence-electron chi connectivity index (χ4n) is 3.90. The Morgan fingerprint density at radius 2 is 2.08 bits per heavy atom. The lowest BCUT2D eigenvalue weighted by molar-refractivity contribution is -0.144. The number of aliphatic hydroxyl groups is 1. The van der Waals surface area contributed by atoms with Gasteiger partial charge in [0.2, 0.25) is 0 Å². The van der Waals surface area contributed by atoms with Crippen LogP contribution in [0.2, 0.25) is 0 Å². The highest BCUT2D eigenvalue weighted by Crippen LogP contribution is 2.49. The summed E-state index contributed by atoms with van der Waals surface area (Å²) in [6.45, 7) is 3.74. The van der Waals surface area contributed by atoms with Crippen molar-refractivity contribution in [2.24, 2.45) is 5.41 Å². The molecule has 2 heterocycles. The molecule has 1 fully saturated rings. The summed E-state index contributed by atoms with van der Waals surface area (Å²) in [5.74, 6) is -1.79. The van der Waals surface area contributed by atoms with Crippen LogP contribution in [0.1, 0.15) is 37.4 Å². The van der Waals surface area contributed by atoms with Gasteiger partial charge in [0.1, 0.15) is 40.8 Å². The van der Waals surface area contributed by atoms with Crippen LogP contribution in [-0.4, -0.2) is 65.2 Å². The molecule has 0 spiro atoms. The van der Waals surface area contributed by atoms with Gasteiger partial charge in [0.05, 0.1) is 26.4 Å². The van der Waals surface area contributed by atoms with Crippen LogP contribution >= 0.6 is 7.75 Å². The average molecular weight is 580 g/mol. The largest absolute Gasteiger partial charge is 0.465 e. The number of carbonyl (C=O) groups excluding carboxylic acids is 2. The number of hydrogen-bond acceptors (Lipinski definition) is 13. The summed E-state index contributed by atoms with van der Waals surface area (Å²) in [6.07, 6.45) is -2.88. The van der Waals surface area contributed by atoms with Gasteiger partial charge in [0.25, 0.3) is 0 Å².